The van der Waals surface area contributed by atoms with Crippen LogP contribution in [0.15, 0.2) is 6.07 Å². The van der Waals surface area contributed by atoms with Crippen molar-refractivity contribution < 1.29 is 13.9 Å². The van der Waals surface area contributed by atoms with Crippen molar-refractivity contribution in [3.05, 3.63) is 28.6 Å². The lowest BCUT2D eigenvalue weighted by molar-refractivity contribution is -0.108. The lowest BCUT2D eigenvalue weighted by atomic mass is 9.90. The van der Waals surface area contributed by atoms with Gasteiger partial charge in [0.2, 0.25) is 0 Å². The number of methoxy groups -OCH3 is 1. The summed E-state index contributed by atoms with van der Waals surface area (Å²) in [5.74, 6) is 0.360. The van der Waals surface area contributed by atoms with E-state index in [4.69, 9.17) is 4.74 Å². The summed E-state index contributed by atoms with van der Waals surface area (Å²) < 4.78 is 19.1. The molecule has 0 aromatic heterocycles. The number of rotatable bonds is 5. The van der Waals surface area contributed by atoms with Crippen LogP contribution in [-0.2, 0) is 11.2 Å². The summed E-state index contributed by atoms with van der Waals surface area (Å²) in [4.78, 5) is 10.6. The molecule has 1 aromatic rings. The van der Waals surface area contributed by atoms with Crippen molar-refractivity contribution in [2.75, 3.05) is 7.11 Å². The van der Waals surface area contributed by atoms with Crippen molar-refractivity contribution in [2.24, 2.45) is 0 Å². The van der Waals surface area contributed by atoms with Gasteiger partial charge < -0.3 is 9.53 Å². The molecule has 0 N–H and O–H groups in total. The molecule has 1 unspecified atom stereocenters. The first kappa shape index (κ1) is 13.7. The van der Waals surface area contributed by atoms with Crippen LogP contribution in [0.3, 0.4) is 0 Å². The second-order valence-corrected chi connectivity index (χ2v) is 4.24. The van der Waals surface area contributed by atoms with Gasteiger partial charge in [-0.15, -0.1) is 0 Å². The fourth-order valence-corrected chi connectivity index (χ4v) is 2.15. The monoisotopic (exact) mass is 238 g/mol. The zero-order chi connectivity index (χ0) is 13.0. The van der Waals surface area contributed by atoms with Gasteiger partial charge in [-0.2, -0.15) is 0 Å². The lowest BCUT2D eigenvalue weighted by Gasteiger charge is -2.19. The molecule has 17 heavy (non-hydrogen) atoms. The van der Waals surface area contributed by atoms with E-state index in [-0.39, 0.29) is 11.7 Å². The van der Waals surface area contributed by atoms with Crippen LogP contribution in [0.4, 0.5) is 4.39 Å². The smallest absolute Gasteiger partial charge is 0.130 e. The molecule has 0 radical (unpaired) electrons. The van der Waals surface area contributed by atoms with Crippen LogP contribution in [0, 0.1) is 12.7 Å². The largest absolute Gasteiger partial charge is 0.496 e. The third-order valence-corrected chi connectivity index (χ3v) is 3.14. The summed E-state index contributed by atoms with van der Waals surface area (Å²) in [7, 11) is 1.55. The van der Waals surface area contributed by atoms with E-state index < -0.39 is 0 Å². The van der Waals surface area contributed by atoms with Gasteiger partial charge in [-0.05, 0) is 36.5 Å². The normalized spacial score (nSPS) is 12.3. The van der Waals surface area contributed by atoms with Crippen LogP contribution in [0.5, 0.6) is 5.75 Å². The number of carbonyl (C=O) groups excluding carboxylic acids is 1. The van der Waals surface area contributed by atoms with Crippen molar-refractivity contribution in [1.29, 1.82) is 0 Å². The van der Waals surface area contributed by atoms with Gasteiger partial charge in [0.15, 0.2) is 0 Å². The Balaban J connectivity index is 3.38. The van der Waals surface area contributed by atoms with Crippen molar-refractivity contribution in [1.82, 2.24) is 0 Å². The summed E-state index contributed by atoms with van der Waals surface area (Å²) in [6.45, 7) is 5.64. The van der Waals surface area contributed by atoms with E-state index in [1.807, 2.05) is 13.8 Å². The first-order chi connectivity index (χ1) is 8.06. The molecule has 0 saturated carbocycles. The Bertz CT molecular complexity index is 413. The Morgan fingerprint density at radius 1 is 1.53 bits per heavy atom. The molecule has 2 nitrogen and oxygen atoms in total. The highest BCUT2D eigenvalue weighted by Gasteiger charge is 2.18. The number of halogens is 1. The quantitative estimate of drug-likeness (QED) is 0.735. The number of ether oxygens (including phenoxy) is 1. The van der Waals surface area contributed by atoms with E-state index in [9.17, 15) is 9.18 Å². The predicted octanol–water partition coefficient (Wildman–Crippen LogP) is 3.40. The molecule has 94 valence electrons. The third-order valence-electron chi connectivity index (χ3n) is 3.14. The highest BCUT2D eigenvalue weighted by atomic mass is 19.1. The molecular weight excluding hydrogens is 219 g/mol. The van der Waals surface area contributed by atoms with Gasteiger partial charge in [-0.3, -0.25) is 0 Å². The van der Waals surface area contributed by atoms with Gasteiger partial charge in [-0.1, -0.05) is 13.8 Å². The van der Waals surface area contributed by atoms with Gasteiger partial charge in [-0.25, -0.2) is 4.39 Å². The maximum absolute atomic E-state index is 13.8. The van der Waals surface area contributed by atoms with E-state index in [2.05, 4.69) is 0 Å². The first-order valence-corrected chi connectivity index (χ1v) is 5.86. The van der Waals surface area contributed by atoms with Gasteiger partial charge in [0.05, 0.1) is 7.11 Å². The van der Waals surface area contributed by atoms with Crippen molar-refractivity contribution in [2.45, 2.75) is 39.5 Å². The summed E-state index contributed by atoms with van der Waals surface area (Å²) in [5, 5.41) is 0. The van der Waals surface area contributed by atoms with E-state index in [1.165, 1.54) is 6.07 Å². The minimum absolute atomic E-state index is 0.0199. The number of hydrogen-bond acceptors (Lipinski definition) is 2. The summed E-state index contributed by atoms with van der Waals surface area (Å²) in [5.41, 5.74) is 2.41. The Morgan fingerprint density at radius 3 is 2.65 bits per heavy atom. The van der Waals surface area contributed by atoms with E-state index >= 15 is 0 Å². The molecule has 0 amide bonds. The summed E-state index contributed by atoms with van der Waals surface area (Å²) in [6.07, 6.45) is 2.04. The van der Waals surface area contributed by atoms with E-state index in [0.717, 1.165) is 23.8 Å². The number of aldehydes is 1. The number of carbonyl (C=O) groups is 1. The average molecular weight is 238 g/mol. The SMILES string of the molecule is CCc1c(C(C)CC=O)cc(F)c(C)c1OC. The zero-order valence-electron chi connectivity index (χ0n) is 10.8. The summed E-state index contributed by atoms with van der Waals surface area (Å²) in [6, 6.07) is 1.53. The second kappa shape index (κ2) is 5.80. The van der Waals surface area contributed by atoms with Gasteiger partial charge >= 0.3 is 0 Å². The fraction of sp³-hybridized carbons (Fsp3) is 0.500. The maximum Gasteiger partial charge on any atom is 0.130 e. The highest BCUT2D eigenvalue weighted by Crippen LogP contribution is 2.34. The Morgan fingerprint density at radius 2 is 2.18 bits per heavy atom. The van der Waals surface area contributed by atoms with Gasteiger partial charge in [0.25, 0.3) is 0 Å². The Kier molecular flexibility index (Phi) is 4.67. The molecule has 3 heteroatoms. The zero-order valence-corrected chi connectivity index (χ0v) is 10.8. The van der Waals surface area contributed by atoms with Gasteiger partial charge in [0, 0.05) is 12.0 Å². The topological polar surface area (TPSA) is 26.3 Å². The van der Waals surface area contributed by atoms with Crippen LogP contribution in [0.25, 0.3) is 0 Å². The Labute approximate surface area is 102 Å². The van der Waals surface area contributed by atoms with Crippen LogP contribution in [0.1, 0.15) is 42.9 Å². The molecule has 0 aliphatic rings. The molecule has 0 heterocycles. The molecular formula is C14H19FO2. The minimum atomic E-state index is -0.271. The molecule has 0 spiro atoms. The standard InChI is InChI=1S/C14H19FO2/c1-5-11-12(9(2)6-7-16)8-13(15)10(3)14(11)17-4/h7-9H,5-6H2,1-4H3. The minimum Gasteiger partial charge on any atom is -0.496 e. The molecule has 0 aliphatic heterocycles. The van der Waals surface area contributed by atoms with Crippen molar-refractivity contribution in [3.8, 4) is 5.75 Å². The fourth-order valence-electron chi connectivity index (χ4n) is 2.15. The van der Waals surface area contributed by atoms with Crippen molar-refractivity contribution >= 4 is 6.29 Å². The van der Waals surface area contributed by atoms with Crippen LogP contribution in [0.2, 0.25) is 0 Å². The maximum atomic E-state index is 13.8. The Hall–Kier alpha value is -1.38. The predicted molar refractivity (Wildman–Crippen MR) is 66.2 cm³/mol. The number of hydrogen-bond donors (Lipinski definition) is 0. The highest BCUT2D eigenvalue weighted by molar-refractivity contribution is 5.54. The lowest BCUT2D eigenvalue weighted by Crippen LogP contribution is -2.05. The molecule has 0 aliphatic carbocycles. The molecule has 1 rings (SSSR count). The molecule has 1 atom stereocenters. The summed E-state index contributed by atoms with van der Waals surface area (Å²) >= 11 is 0. The van der Waals surface area contributed by atoms with Crippen LogP contribution < -0.4 is 4.74 Å². The van der Waals surface area contributed by atoms with Crippen LogP contribution in [-0.4, -0.2) is 13.4 Å². The second-order valence-electron chi connectivity index (χ2n) is 4.24. The van der Waals surface area contributed by atoms with Gasteiger partial charge in [0.1, 0.15) is 17.9 Å². The average Bonchev–Trinajstić information content (AvgIpc) is 2.32. The molecule has 0 saturated heterocycles. The van der Waals surface area contributed by atoms with E-state index in [0.29, 0.717) is 17.7 Å². The molecule has 1 aromatic carbocycles. The molecule has 0 bridgehead atoms. The first-order valence-electron chi connectivity index (χ1n) is 5.86. The van der Waals surface area contributed by atoms with Crippen LogP contribution >= 0.6 is 0 Å². The number of benzene rings is 1. The third kappa shape index (κ3) is 2.65. The van der Waals surface area contributed by atoms with Crippen molar-refractivity contribution in [3.63, 3.8) is 0 Å². The van der Waals surface area contributed by atoms with E-state index in [1.54, 1.807) is 14.0 Å². The molecule has 0 fully saturated rings.